The number of aryl methyl sites for hydroxylation is 1. The van der Waals surface area contributed by atoms with Crippen molar-refractivity contribution < 1.29 is 46.3 Å². The number of hydrogen-bond acceptors (Lipinski definition) is 10. The lowest BCUT2D eigenvalue weighted by Gasteiger charge is -2.24. The van der Waals surface area contributed by atoms with Crippen molar-refractivity contribution in [2.24, 2.45) is 5.73 Å². The van der Waals surface area contributed by atoms with E-state index in [0.29, 0.717) is 11.3 Å². The topological polar surface area (TPSA) is 196 Å². The van der Waals surface area contributed by atoms with Crippen LogP contribution in [0.15, 0.2) is 96.0 Å². The minimum Gasteiger partial charge on any atom is -0.495 e. The Bertz CT molecular complexity index is 2240. The highest BCUT2D eigenvalue weighted by Gasteiger charge is 2.29. The molecule has 0 aliphatic carbocycles. The fourth-order valence-electron chi connectivity index (χ4n) is 5.41. The normalized spacial score (nSPS) is 12.5. The summed E-state index contributed by atoms with van der Waals surface area (Å²) in [5.74, 6) is -0.475. The van der Waals surface area contributed by atoms with E-state index in [4.69, 9.17) is 29.2 Å². The van der Waals surface area contributed by atoms with Gasteiger partial charge in [-0.1, -0.05) is 60.2 Å². The van der Waals surface area contributed by atoms with Crippen LogP contribution in [0, 0.1) is 10.5 Å². The molecule has 1 amide bonds. The molecule has 5 N–H and O–H groups in total. The second-order valence-electron chi connectivity index (χ2n) is 13.4. The van der Waals surface area contributed by atoms with Crippen LogP contribution in [0.3, 0.4) is 0 Å². The molecule has 0 radical (unpaired) electrons. The zero-order valence-corrected chi connectivity index (χ0v) is 34.2. The van der Waals surface area contributed by atoms with Gasteiger partial charge in [0.25, 0.3) is 10.1 Å². The van der Waals surface area contributed by atoms with E-state index >= 15 is 0 Å². The molecular formula is C40H44IN3O10S. The number of halogens is 1. The van der Waals surface area contributed by atoms with Gasteiger partial charge in [0.15, 0.2) is 0 Å². The van der Waals surface area contributed by atoms with Gasteiger partial charge in [0.2, 0.25) is 0 Å². The number of esters is 2. The third kappa shape index (κ3) is 12.0. The monoisotopic (exact) mass is 885 g/mol. The second-order valence-corrected chi connectivity index (χ2v) is 16.0. The van der Waals surface area contributed by atoms with Gasteiger partial charge in [0, 0.05) is 29.1 Å². The van der Waals surface area contributed by atoms with E-state index in [-0.39, 0.29) is 17.9 Å². The number of hydrogen-bond donors (Lipinski definition) is 4. The number of aromatic amines is 1. The molecule has 4 aromatic carbocycles. The number of methoxy groups -OCH3 is 2. The van der Waals surface area contributed by atoms with E-state index in [9.17, 15) is 22.8 Å². The number of benzene rings is 4. The third-order valence-corrected chi connectivity index (χ3v) is 9.77. The molecule has 0 fully saturated rings. The Balaban J connectivity index is 0.000000525. The molecule has 2 atom stereocenters. The third-order valence-electron chi connectivity index (χ3n) is 8.10. The Kier molecular flexibility index (Phi) is 14.4. The van der Waals surface area contributed by atoms with Crippen LogP contribution in [0.25, 0.3) is 22.0 Å². The lowest BCUT2D eigenvalue weighted by Crippen LogP contribution is -2.45. The summed E-state index contributed by atoms with van der Waals surface area (Å²) in [6, 6.07) is 22.7. The van der Waals surface area contributed by atoms with Crippen molar-refractivity contribution in [1.29, 1.82) is 0 Å². The van der Waals surface area contributed by atoms with Gasteiger partial charge in [-0.2, -0.15) is 8.42 Å². The number of rotatable bonds is 11. The summed E-state index contributed by atoms with van der Waals surface area (Å²) in [6.45, 7) is 7.22. The Morgan fingerprint density at radius 1 is 0.945 bits per heavy atom. The molecule has 0 saturated carbocycles. The molecule has 1 heterocycles. The minimum atomic E-state index is -4.02. The summed E-state index contributed by atoms with van der Waals surface area (Å²) < 4.78 is 51.9. The number of fused-ring (bicyclic) bond motifs is 1. The van der Waals surface area contributed by atoms with Gasteiger partial charge in [0.1, 0.15) is 30.0 Å². The van der Waals surface area contributed by atoms with Crippen molar-refractivity contribution in [2.75, 3.05) is 14.2 Å². The van der Waals surface area contributed by atoms with Crippen LogP contribution in [0.4, 0.5) is 4.79 Å². The van der Waals surface area contributed by atoms with Gasteiger partial charge in [-0.15, -0.1) is 0 Å². The standard InChI is InChI=1S/C33H36IN3O7.C7H8O3S/c1-33(2,3)44-30(38)27(37-32(40)43-18-19-9-7-6-8-10-19)16-22-17-36-26-15-20(11-12-23(22)26)24-13-21(28(35)31(39)42-5)14-25(34)29(24)41-4;1-6-2-4-7(5-3-6)11(8,9)10/h6-15,17,27-28,36H,16,18,35H2,1-5H3,(H,37,40);2-5H,1H3,(H,8,9,10)/t27-,28-;/m1./s1. The van der Waals surface area contributed by atoms with Crippen LogP contribution in [-0.2, 0) is 46.9 Å². The molecule has 0 aliphatic heterocycles. The van der Waals surface area contributed by atoms with Gasteiger partial charge in [-0.3, -0.25) is 9.35 Å². The minimum absolute atomic E-state index is 0.0666. The Morgan fingerprint density at radius 2 is 1.62 bits per heavy atom. The maximum absolute atomic E-state index is 13.2. The van der Waals surface area contributed by atoms with E-state index in [2.05, 4.69) is 32.9 Å². The molecule has 0 bridgehead atoms. The Hall–Kier alpha value is -4.97. The van der Waals surface area contributed by atoms with Gasteiger partial charge >= 0.3 is 18.0 Å². The largest absolute Gasteiger partial charge is 0.495 e. The van der Waals surface area contributed by atoms with Crippen molar-refractivity contribution >= 4 is 61.6 Å². The highest BCUT2D eigenvalue weighted by molar-refractivity contribution is 14.1. The average Bonchev–Trinajstić information content (AvgIpc) is 3.54. The molecule has 0 unspecified atom stereocenters. The first-order valence-electron chi connectivity index (χ1n) is 17.0. The van der Waals surface area contributed by atoms with E-state index in [0.717, 1.165) is 42.3 Å². The van der Waals surface area contributed by atoms with Gasteiger partial charge in [0.05, 0.1) is 22.7 Å². The number of alkyl carbamates (subject to hydrolysis) is 1. The summed E-state index contributed by atoms with van der Waals surface area (Å²) in [5, 5.41) is 3.54. The first-order valence-corrected chi connectivity index (χ1v) is 19.5. The smallest absolute Gasteiger partial charge is 0.408 e. The van der Waals surface area contributed by atoms with Gasteiger partial charge in [-0.05, 0) is 103 Å². The van der Waals surface area contributed by atoms with E-state index in [1.54, 1.807) is 52.3 Å². The van der Waals surface area contributed by atoms with Crippen molar-refractivity contribution in [2.45, 2.75) is 63.3 Å². The fraction of sp³-hybridized carbons (Fsp3) is 0.275. The predicted octanol–water partition coefficient (Wildman–Crippen LogP) is 7.04. The van der Waals surface area contributed by atoms with Crippen molar-refractivity contribution in [1.82, 2.24) is 10.3 Å². The number of nitrogens with one attached hydrogen (secondary N) is 2. The summed E-state index contributed by atoms with van der Waals surface area (Å²) in [4.78, 5) is 41.2. The number of aromatic nitrogens is 1. The summed E-state index contributed by atoms with van der Waals surface area (Å²) in [5.41, 5.74) is 10.9. The first-order chi connectivity index (χ1) is 25.9. The van der Waals surface area contributed by atoms with E-state index < -0.39 is 45.8 Å². The lowest BCUT2D eigenvalue weighted by atomic mass is 9.97. The maximum Gasteiger partial charge on any atom is 0.408 e. The van der Waals surface area contributed by atoms with E-state index in [1.165, 1.54) is 19.2 Å². The number of nitrogens with two attached hydrogens (primary N) is 1. The Morgan fingerprint density at radius 3 is 2.22 bits per heavy atom. The molecule has 15 heteroatoms. The zero-order chi connectivity index (χ0) is 40.5. The number of ether oxygens (including phenoxy) is 4. The number of H-pyrrole nitrogens is 1. The zero-order valence-electron chi connectivity index (χ0n) is 31.2. The molecule has 55 heavy (non-hydrogen) atoms. The SMILES string of the molecule is COC(=O)[C@H](N)c1cc(I)c(OC)c(-c2ccc3c(C[C@@H](NC(=O)OCc4ccccc4)C(=O)OC(C)(C)C)c[nH]c3c2)c1.Cc1ccc(S(=O)(=O)O)cc1. The molecule has 5 aromatic rings. The summed E-state index contributed by atoms with van der Waals surface area (Å²) in [6.07, 6.45) is 1.24. The molecule has 5 rings (SSSR count). The quantitative estimate of drug-likeness (QED) is 0.0460. The van der Waals surface area contributed by atoms with Crippen molar-refractivity contribution in [3.8, 4) is 16.9 Å². The molecule has 0 aliphatic rings. The fourth-order valence-corrected chi connectivity index (χ4v) is 6.76. The van der Waals surface area contributed by atoms with Crippen LogP contribution in [-0.4, -0.2) is 61.8 Å². The molecule has 0 spiro atoms. The van der Waals surface area contributed by atoms with Gasteiger partial charge in [-0.25, -0.2) is 9.59 Å². The molecule has 1 aromatic heterocycles. The highest BCUT2D eigenvalue weighted by atomic mass is 127. The Labute approximate surface area is 333 Å². The number of carbonyl (C=O) groups excluding carboxylic acids is 3. The van der Waals surface area contributed by atoms with Crippen LogP contribution in [0.2, 0.25) is 0 Å². The predicted molar refractivity (Wildman–Crippen MR) is 216 cm³/mol. The lowest BCUT2D eigenvalue weighted by molar-refractivity contribution is -0.157. The van der Waals surface area contributed by atoms with Crippen LogP contribution < -0.4 is 15.8 Å². The molecule has 292 valence electrons. The number of amides is 1. The molecular weight excluding hydrogens is 841 g/mol. The van der Waals surface area contributed by atoms with Gasteiger partial charge < -0.3 is 35.0 Å². The summed E-state index contributed by atoms with van der Waals surface area (Å²) in [7, 11) is -1.14. The second kappa shape index (κ2) is 18.6. The van der Waals surface area contributed by atoms with Crippen molar-refractivity contribution in [3.63, 3.8) is 0 Å². The van der Waals surface area contributed by atoms with Crippen molar-refractivity contribution in [3.05, 3.63) is 117 Å². The number of carbonyl (C=O) groups is 3. The average molecular weight is 886 g/mol. The van der Waals surface area contributed by atoms with Crippen LogP contribution in [0.5, 0.6) is 5.75 Å². The molecule has 0 saturated heterocycles. The summed E-state index contributed by atoms with van der Waals surface area (Å²) >= 11 is 2.15. The van der Waals surface area contributed by atoms with Crippen LogP contribution >= 0.6 is 22.6 Å². The maximum atomic E-state index is 13.2. The first kappa shape index (κ1) is 42.8. The molecule has 13 nitrogen and oxygen atoms in total. The highest BCUT2D eigenvalue weighted by Crippen LogP contribution is 2.38. The van der Waals surface area contributed by atoms with E-state index in [1.807, 2.05) is 61.5 Å². The van der Waals surface area contributed by atoms with Crippen LogP contribution in [0.1, 0.15) is 49.1 Å².